The maximum atomic E-state index is 12.5. The van der Waals surface area contributed by atoms with Crippen molar-refractivity contribution in [1.82, 2.24) is 5.32 Å². The van der Waals surface area contributed by atoms with E-state index in [2.05, 4.69) is 11.4 Å². The molecule has 0 spiro atoms. The normalized spacial score (nSPS) is 21.6. The quantitative estimate of drug-likeness (QED) is 0.701. The molecule has 154 valence electrons. The van der Waals surface area contributed by atoms with E-state index in [0.717, 1.165) is 48.1 Å². The molecule has 0 aromatic heterocycles. The molecule has 1 aliphatic carbocycles. The molecule has 2 aromatic carbocycles. The highest BCUT2D eigenvalue weighted by atomic mass is 16.5. The van der Waals surface area contributed by atoms with Crippen LogP contribution in [-0.2, 0) is 11.2 Å². The number of rotatable bonds is 7. The van der Waals surface area contributed by atoms with Gasteiger partial charge in [-0.3, -0.25) is 9.59 Å². The number of carbonyl (C=O) groups is 2. The molecule has 1 amide bonds. The van der Waals surface area contributed by atoms with Crippen LogP contribution in [0.15, 0.2) is 42.5 Å². The summed E-state index contributed by atoms with van der Waals surface area (Å²) < 4.78 is 5.59. The summed E-state index contributed by atoms with van der Waals surface area (Å²) in [6, 6.07) is 14.0. The van der Waals surface area contributed by atoms with E-state index in [1.165, 1.54) is 0 Å². The number of amides is 1. The molecule has 0 saturated heterocycles. The number of hydrogen-bond acceptors (Lipinski definition) is 4. The molecule has 0 radical (unpaired) electrons. The summed E-state index contributed by atoms with van der Waals surface area (Å²) in [4.78, 5) is 24.2. The fraction of sp³-hybridized carbons (Fsp3) is 0.417. The Morgan fingerprint density at radius 2 is 1.83 bits per heavy atom. The van der Waals surface area contributed by atoms with Crippen molar-refractivity contribution in [3.63, 3.8) is 0 Å². The van der Waals surface area contributed by atoms with Crippen LogP contribution in [-0.4, -0.2) is 31.9 Å². The van der Waals surface area contributed by atoms with E-state index in [1.807, 2.05) is 43.4 Å². The molecule has 1 aliphatic rings. The van der Waals surface area contributed by atoms with Gasteiger partial charge in [-0.15, -0.1) is 0 Å². The lowest BCUT2D eigenvalue weighted by molar-refractivity contribution is -0.129. The Morgan fingerprint density at radius 3 is 2.41 bits per heavy atom. The average molecular weight is 395 g/mol. The van der Waals surface area contributed by atoms with Crippen LogP contribution in [0.25, 0.3) is 11.1 Å². The summed E-state index contributed by atoms with van der Waals surface area (Å²) in [7, 11) is 3.60. The predicted octanol–water partition coefficient (Wildman–Crippen LogP) is 3.74. The summed E-state index contributed by atoms with van der Waals surface area (Å²) in [5.41, 5.74) is 8.95. The Morgan fingerprint density at radius 1 is 1.14 bits per heavy atom. The first-order valence-corrected chi connectivity index (χ1v) is 10.1. The van der Waals surface area contributed by atoms with Gasteiger partial charge in [0.2, 0.25) is 5.91 Å². The van der Waals surface area contributed by atoms with Gasteiger partial charge in [0.1, 0.15) is 5.75 Å². The van der Waals surface area contributed by atoms with Crippen molar-refractivity contribution < 1.29 is 14.3 Å². The zero-order valence-electron chi connectivity index (χ0n) is 17.5. The van der Waals surface area contributed by atoms with E-state index in [1.54, 1.807) is 14.0 Å². The molecule has 0 aliphatic heterocycles. The van der Waals surface area contributed by atoms with Crippen molar-refractivity contribution in [2.24, 2.45) is 11.1 Å². The van der Waals surface area contributed by atoms with Crippen LogP contribution in [0, 0.1) is 5.41 Å². The van der Waals surface area contributed by atoms with Crippen molar-refractivity contribution in [3.8, 4) is 16.9 Å². The first-order valence-electron chi connectivity index (χ1n) is 10.1. The summed E-state index contributed by atoms with van der Waals surface area (Å²) >= 11 is 0. The largest absolute Gasteiger partial charge is 0.496 e. The molecule has 2 aromatic rings. The lowest BCUT2D eigenvalue weighted by Gasteiger charge is -2.38. The van der Waals surface area contributed by atoms with Crippen molar-refractivity contribution >= 4 is 11.7 Å². The molecule has 0 bridgehead atoms. The molecule has 5 heteroatoms. The van der Waals surface area contributed by atoms with Gasteiger partial charge in [-0.2, -0.15) is 0 Å². The fourth-order valence-electron chi connectivity index (χ4n) is 4.35. The van der Waals surface area contributed by atoms with E-state index < -0.39 is 5.41 Å². The average Bonchev–Trinajstić information content (AvgIpc) is 2.74. The summed E-state index contributed by atoms with van der Waals surface area (Å²) in [5, 5.41) is 3.31. The predicted molar refractivity (Wildman–Crippen MR) is 115 cm³/mol. The van der Waals surface area contributed by atoms with E-state index in [9.17, 15) is 9.59 Å². The van der Waals surface area contributed by atoms with Gasteiger partial charge in [0.15, 0.2) is 5.78 Å². The van der Waals surface area contributed by atoms with Crippen LogP contribution in [0.4, 0.5) is 0 Å². The number of ether oxygens (including phenoxy) is 1. The van der Waals surface area contributed by atoms with Crippen LogP contribution in [0.5, 0.6) is 5.75 Å². The van der Waals surface area contributed by atoms with Gasteiger partial charge < -0.3 is 15.8 Å². The van der Waals surface area contributed by atoms with Gasteiger partial charge in [-0.05, 0) is 81.0 Å². The number of nitrogens with two attached hydrogens (primary N) is 1. The van der Waals surface area contributed by atoms with Gasteiger partial charge >= 0.3 is 0 Å². The smallest absolute Gasteiger partial charge is 0.223 e. The lowest BCUT2D eigenvalue weighted by atomic mass is 9.68. The second kappa shape index (κ2) is 8.78. The Hall–Kier alpha value is -2.66. The minimum atomic E-state index is -0.555. The first kappa shape index (κ1) is 21.1. The molecule has 1 fully saturated rings. The molecule has 3 rings (SSSR count). The summed E-state index contributed by atoms with van der Waals surface area (Å²) in [6.45, 7) is 1.57. The third kappa shape index (κ3) is 4.51. The van der Waals surface area contributed by atoms with Crippen LogP contribution >= 0.6 is 0 Å². The standard InChI is InChI=1S/C24H30N2O3/c1-16(27)17-5-4-6-18(13-17)19-7-8-22(29-3)20(14-19)15-24(23(25)28)11-9-21(26-2)10-12-24/h4-8,13-14,21,26H,9-12,15H2,1-3H3,(H2,25,28). The molecular formula is C24H30N2O3. The van der Waals surface area contributed by atoms with Crippen molar-refractivity contribution in [1.29, 1.82) is 0 Å². The van der Waals surface area contributed by atoms with Gasteiger partial charge in [0.25, 0.3) is 0 Å². The maximum absolute atomic E-state index is 12.5. The van der Waals surface area contributed by atoms with Crippen molar-refractivity contribution in [2.45, 2.75) is 45.1 Å². The second-order valence-corrected chi connectivity index (χ2v) is 8.05. The van der Waals surface area contributed by atoms with Crippen molar-refractivity contribution in [2.75, 3.05) is 14.2 Å². The number of carbonyl (C=O) groups excluding carboxylic acids is 2. The Bertz CT molecular complexity index is 899. The van der Waals surface area contributed by atoms with Gasteiger partial charge in [0.05, 0.1) is 12.5 Å². The first-order chi connectivity index (χ1) is 13.9. The number of methoxy groups -OCH3 is 1. The Balaban J connectivity index is 1.96. The zero-order chi connectivity index (χ0) is 21.0. The topological polar surface area (TPSA) is 81.4 Å². The SMILES string of the molecule is CNC1CCC(Cc2cc(-c3cccc(C(C)=O)c3)ccc2OC)(C(N)=O)CC1. The van der Waals surface area contributed by atoms with Gasteiger partial charge in [-0.1, -0.05) is 24.3 Å². The number of benzene rings is 2. The third-order valence-electron chi connectivity index (χ3n) is 6.29. The zero-order valence-corrected chi connectivity index (χ0v) is 17.5. The van der Waals surface area contributed by atoms with E-state index in [4.69, 9.17) is 10.5 Å². The molecule has 5 nitrogen and oxygen atoms in total. The molecule has 3 N–H and O–H groups in total. The monoisotopic (exact) mass is 394 g/mol. The number of nitrogens with one attached hydrogen (secondary N) is 1. The minimum Gasteiger partial charge on any atom is -0.496 e. The number of primary amides is 1. The van der Waals surface area contributed by atoms with Crippen LogP contribution < -0.4 is 15.8 Å². The Kier molecular flexibility index (Phi) is 6.38. The summed E-state index contributed by atoms with van der Waals surface area (Å²) in [6.07, 6.45) is 3.95. The third-order valence-corrected chi connectivity index (χ3v) is 6.29. The molecule has 29 heavy (non-hydrogen) atoms. The molecule has 0 unspecified atom stereocenters. The van der Waals surface area contributed by atoms with Gasteiger partial charge in [0, 0.05) is 11.6 Å². The molecule has 0 atom stereocenters. The van der Waals surface area contributed by atoms with Crippen LogP contribution in [0.3, 0.4) is 0 Å². The molecule has 0 heterocycles. The number of hydrogen-bond donors (Lipinski definition) is 2. The second-order valence-electron chi connectivity index (χ2n) is 8.05. The van der Waals surface area contributed by atoms with Crippen LogP contribution in [0.2, 0.25) is 0 Å². The highest BCUT2D eigenvalue weighted by Gasteiger charge is 2.40. The fourth-order valence-corrected chi connectivity index (χ4v) is 4.35. The van der Waals surface area contributed by atoms with E-state index in [0.29, 0.717) is 18.0 Å². The van der Waals surface area contributed by atoms with Gasteiger partial charge in [-0.25, -0.2) is 0 Å². The molecule has 1 saturated carbocycles. The lowest BCUT2D eigenvalue weighted by Crippen LogP contribution is -2.45. The minimum absolute atomic E-state index is 0.0366. The van der Waals surface area contributed by atoms with E-state index in [-0.39, 0.29) is 11.7 Å². The highest BCUT2D eigenvalue weighted by Crippen LogP contribution is 2.41. The Labute approximate surface area is 172 Å². The molecular weight excluding hydrogens is 364 g/mol. The highest BCUT2D eigenvalue weighted by molar-refractivity contribution is 5.95. The van der Waals surface area contributed by atoms with Crippen LogP contribution in [0.1, 0.15) is 48.5 Å². The maximum Gasteiger partial charge on any atom is 0.223 e. The summed E-state index contributed by atoms with van der Waals surface area (Å²) in [5.74, 6) is 0.556. The number of Topliss-reactive ketones (excluding diaryl/α,β-unsaturated/α-hetero) is 1. The van der Waals surface area contributed by atoms with E-state index >= 15 is 0 Å². The number of ketones is 1. The van der Waals surface area contributed by atoms with Crippen molar-refractivity contribution in [3.05, 3.63) is 53.6 Å².